The average Bonchev–Trinajstić information content (AvgIpc) is 2.86. The molecule has 3 aromatic rings. The molecule has 0 radical (unpaired) electrons. The Labute approximate surface area is 204 Å². The van der Waals surface area contributed by atoms with Gasteiger partial charge in [-0.05, 0) is 23.8 Å². The van der Waals surface area contributed by atoms with Gasteiger partial charge in [0.25, 0.3) is 0 Å². The van der Waals surface area contributed by atoms with Crippen molar-refractivity contribution in [3.05, 3.63) is 101 Å². The summed E-state index contributed by atoms with van der Waals surface area (Å²) in [6, 6.07) is 24.7. The number of benzene rings is 3. The minimum absolute atomic E-state index is 0.0751. The van der Waals surface area contributed by atoms with Gasteiger partial charge in [0.1, 0.15) is 18.2 Å². The van der Waals surface area contributed by atoms with Crippen LogP contribution >= 0.6 is 0 Å². The van der Waals surface area contributed by atoms with Crippen LogP contribution in [0.15, 0.2) is 89.1 Å². The summed E-state index contributed by atoms with van der Waals surface area (Å²) in [5.41, 5.74) is 3.39. The second-order valence-electron chi connectivity index (χ2n) is 9.67. The Morgan fingerprint density at radius 2 is 1.46 bits per heavy atom. The van der Waals surface area contributed by atoms with Crippen LogP contribution in [0.25, 0.3) is 0 Å². The number of rotatable bonds is 7. The molecule has 0 amide bonds. The Balaban J connectivity index is 1.28. The van der Waals surface area contributed by atoms with Crippen LogP contribution in [0.4, 0.5) is 4.39 Å². The van der Waals surface area contributed by atoms with E-state index in [0.717, 1.165) is 56.5 Å². The highest BCUT2D eigenvalue weighted by Gasteiger charge is 2.51. The van der Waals surface area contributed by atoms with Crippen LogP contribution in [0.1, 0.15) is 16.7 Å². The Hall–Kier alpha value is -3.39. The molecule has 0 atom stereocenters. The van der Waals surface area contributed by atoms with Gasteiger partial charge >= 0.3 is 0 Å². The van der Waals surface area contributed by atoms with Gasteiger partial charge in [0, 0.05) is 30.8 Å². The normalized spacial score (nSPS) is 27.5. The molecular weight excluding hydrogens is 441 g/mol. The second-order valence-corrected chi connectivity index (χ2v) is 9.67. The molecular formula is C28H28FN5O. The zero-order valence-electron chi connectivity index (χ0n) is 19.6. The van der Waals surface area contributed by atoms with Gasteiger partial charge in [-0.25, -0.2) is 4.39 Å². The van der Waals surface area contributed by atoms with Gasteiger partial charge < -0.3 is 4.74 Å². The SMILES string of the molecule is Fc1ccccc1COc1ccccc1/C=N/N=C(\c1ccccc1)C12CN3CN(CN(C3)C1)C2. The maximum atomic E-state index is 14.0. The van der Waals surface area contributed by atoms with Crippen LogP contribution in [-0.4, -0.2) is 66.3 Å². The summed E-state index contributed by atoms with van der Waals surface area (Å²) in [5.74, 6) is 0.377. The lowest BCUT2D eigenvalue weighted by Crippen LogP contribution is -2.74. The standard InChI is InChI=1S/C28H28FN5O/c29-25-12-6-4-11-24(25)15-35-26-13-7-5-10-23(26)14-30-31-27(22-8-2-1-3-9-22)28-16-32-19-33(17-28)21-34(18-28)20-32/h1-14H,15-21H2/b30-14+,31-27+. The summed E-state index contributed by atoms with van der Waals surface area (Å²) in [5, 5.41) is 9.41. The zero-order valence-corrected chi connectivity index (χ0v) is 19.6. The van der Waals surface area contributed by atoms with Gasteiger partial charge in [-0.3, -0.25) is 14.7 Å². The van der Waals surface area contributed by atoms with Gasteiger partial charge in [0.15, 0.2) is 0 Å². The van der Waals surface area contributed by atoms with Crippen molar-refractivity contribution in [1.29, 1.82) is 0 Å². The van der Waals surface area contributed by atoms with Crippen molar-refractivity contribution >= 4 is 11.9 Å². The van der Waals surface area contributed by atoms with Gasteiger partial charge in [0.05, 0.1) is 37.3 Å². The highest BCUT2D eigenvalue weighted by atomic mass is 19.1. The summed E-state index contributed by atoms with van der Waals surface area (Å²) >= 11 is 0. The number of nitrogens with zero attached hydrogens (tertiary/aromatic N) is 5. The first-order valence-corrected chi connectivity index (χ1v) is 12.0. The Morgan fingerprint density at radius 1 is 0.829 bits per heavy atom. The highest BCUT2D eigenvalue weighted by molar-refractivity contribution is 6.05. The maximum Gasteiger partial charge on any atom is 0.129 e. The lowest BCUT2D eigenvalue weighted by atomic mass is 9.74. The predicted octanol–water partition coefficient (Wildman–Crippen LogP) is 4.03. The first-order chi connectivity index (χ1) is 17.2. The van der Waals surface area contributed by atoms with Crippen molar-refractivity contribution in [2.45, 2.75) is 6.61 Å². The minimum atomic E-state index is -0.270. The summed E-state index contributed by atoms with van der Waals surface area (Å²) in [6.45, 7) is 6.20. The summed E-state index contributed by atoms with van der Waals surface area (Å²) < 4.78 is 20.0. The van der Waals surface area contributed by atoms with E-state index in [2.05, 4.69) is 44.1 Å². The Kier molecular flexibility index (Phi) is 5.90. The van der Waals surface area contributed by atoms with E-state index in [1.165, 1.54) is 6.07 Å². The Morgan fingerprint density at radius 3 is 2.17 bits per heavy atom. The van der Waals surface area contributed by atoms with E-state index in [-0.39, 0.29) is 17.8 Å². The van der Waals surface area contributed by atoms with E-state index >= 15 is 0 Å². The van der Waals surface area contributed by atoms with E-state index < -0.39 is 0 Å². The van der Waals surface area contributed by atoms with Crippen LogP contribution < -0.4 is 4.74 Å². The van der Waals surface area contributed by atoms with Gasteiger partial charge in [-0.1, -0.05) is 60.7 Å². The smallest absolute Gasteiger partial charge is 0.129 e. The molecule has 0 aromatic heterocycles. The van der Waals surface area contributed by atoms with Gasteiger partial charge in [-0.15, -0.1) is 0 Å². The predicted molar refractivity (Wildman–Crippen MR) is 135 cm³/mol. The summed E-state index contributed by atoms with van der Waals surface area (Å²) in [7, 11) is 0. The molecule has 4 aliphatic heterocycles. The van der Waals surface area contributed by atoms with Crippen LogP contribution in [0.2, 0.25) is 0 Å². The molecule has 35 heavy (non-hydrogen) atoms. The molecule has 0 spiro atoms. The molecule has 4 aliphatic rings. The van der Waals surface area contributed by atoms with Gasteiger partial charge in [-0.2, -0.15) is 10.2 Å². The van der Waals surface area contributed by atoms with Crippen LogP contribution in [0.3, 0.4) is 0 Å². The number of hydrogen-bond acceptors (Lipinski definition) is 6. The number of ether oxygens (including phenoxy) is 1. The molecule has 0 aliphatic carbocycles. The zero-order chi connectivity index (χ0) is 23.7. The monoisotopic (exact) mass is 469 g/mol. The maximum absolute atomic E-state index is 14.0. The molecule has 178 valence electrons. The van der Waals surface area contributed by atoms with E-state index in [4.69, 9.17) is 9.84 Å². The third kappa shape index (κ3) is 4.50. The molecule has 0 unspecified atom stereocenters. The van der Waals surface area contributed by atoms with E-state index in [0.29, 0.717) is 11.3 Å². The first-order valence-electron chi connectivity index (χ1n) is 12.0. The largest absolute Gasteiger partial charge is 0.488 e. The van der Waals surface area contributed by atoms with Crippen molar-refractivity contribution in [3.8, 4) is 5.75 Å². The van der Waals surface area contributed by atoms with Crippen LogP contribution in [-0.2, 0) is 6.61 Å². The summed E-state index contributed by atoms with van der Waals surface area (Å²) in [4.78, 5) is 7.47. The van der Waals surface area contributed by atoms with E-state index in [9.17, 15) is 4.39 Å². The van der Waals surface area contributed by atoms with Crippen molar-refractivity contribution < 1.29 is 9.13 Å². The second kappa shape index (κ2) is 9.34. The fourth-order valence-electron chi connectivity index (χ4n) is 5.65. The van der Waals surface area contributed by atoms with E-state index in [1.807, 2.05) is 36.4 Å². The highest BCUT2D eigenvalue weighted by Crippen LogP contribution is 2.38. The lowest BCUT2D eigenvalue weighted by Gasteiger charge is -2.60. The number of halogens is 1. The van der Waals surface area contributed by atoms with Gasteiger partial charge in [0.2, 0.25) is 0 Å². The molecule has 6 nitrogen and oxygen atoms in total. The van der Waals surface area contributed by atoms with Crippen LogP contribution in [0.5, 0.6) is 5.75 Å². The van der Waals surface area contributed by atoms with E-state index in [1.54, 1.807) is 18.3 Å². The third-order valence-electron chi connectivity index (χ3n) is 6.94. The lowest BCUT2D eigenvalue weighted by molar-refractivity contribution is -0.149. The number of hydrogen-bond donors (Lipinski definition) is 0. The molecule has 4 heterocycles. The molecule has 0 saturated carbocycles. The van der Waals surface area contributed by atoms with Crippen molar-refractivity contribution in [2.75, 3.05) is 39.6 Å². The van der Waals surface area contributed by atoms with Crippen molar-refractivity contribution in [1.82, 2.24) is 14.7 Å². The summed E-state index contributed by atoms with van der Waals surface area (Å²) in [6.07, 6.45) is 1.74. The topological polar surface area (TPSA) is 43.7 Å². The number of para-hydroxylation sites is 1. The van der Waals surface area contributed by atoms with Crippen molar-refractivity contribution in [3.63, 3.8) is 0 Å². The molecule has 4 saturated heterocycles. The molecule has 4 fully saturated rings. The fourth-order valence-corrected chi connectivity index (χ4v) is 5.65. The quantitative estimate of drug-likeness (QED) is 0.387. The first kappa shape index (κ1) is 22.1. The molecule has 7 heteroatoms. The third-order valence-corrected chi connectivity index (χ3v) is 6.94. The molecule has 3 aromatic carbocycles. The Bertz CT molecular complexity index is 1220. The molecule has 7 rings (SSSR count). The average molecular weight is 470 g/mol. The minimum Gasteiger partial charge on any atom is -0.488 e. The molecule has 0 N–H and O–H groups in total. The molecule has 4 bridgehead atoms. The fraction of sp³-hybridized carbons (Fsp3) is 0.286. The van der Waals surface area contributed by atoms with Crippen molar-refractivity contribution in [2.24, 2.45) is 15.6 Å². The van der Waals surface area contributed by atoms with Crippen LogP contribution in [0, 0.1) is 11.2 Å².